The molecule has 1 fully saturated rings. The summed E-state index contributed by atoms with van der Waals surface area (Å²) in [5.74, 6) is 1.16. The molecule has 0 bridgehead atoms. The van der Waals surface area contributed by atoms with Gasteiger partial charge in [0.15, 0.2) is 11.5 Å². The Kier molecular flexibility index (Phi) is 9.80. The standard InChI is InChI=1S/C37H41NO5/c1-27(39)37(2)26-38(36(40)25-42-24-29-10-6-4-7-11-29)23-33(37)32-18-19-34(41-3)35(22-32)43-21-20-28-14-16-31(17-15-28)30-12-8-5-9-13-30/h4-19,22,27,33,39H,20-21,23-26H2,1-3H3/t27?,33-,37-/m0/s1. The van der Waals surface area contributed by atoms with E-state index in [0.717, 1.165) is 17.5 Å². The quantitative estimate of drug-likeness (QED) is 0.207. The highest BCUT2D eigenvalue weighted by molar-refractivity contribution is 5.78. The molecule has 3 atom stereocenters. The molecule has 224 valence electrons. The van der Waals surface area contributed by atoms with Crippen LogP contribution in [-0.2, 0) is 22.6 Å². The minimum atomic E-state index is -0.620. The number of aliphatic hydroxyl groups excluding tert-OH is 1. The first-order valence-corrected chi connectivity index (χ1v) is 14.9. The Hall–Kier alpha value is -4.13. The van der Waals surface area contributed by atoms with Gasteiger partial charge in [-0.1, -0.05) is 97.9 Å². The molecule has 0 aliphatic carbocycles. The van der Waals surface area contributed by atoms with Gasteiger partial charge in [0.1, 0.15) is 6.61 Å². The van der Waals surface area contributed by atoms with E-state index in [4.69, 9.17) is 14.2 Å². The van der Waals surface area contributed by atoms with Crippen molar-refractivity contribution in [3.63, 3.8) is 0 Å². The summed E-state index contributed by atoms with van der Waals surface area (Å²) in [7, 11) is 1.63. The number of benzene rings is 4. The summed E-state index contributed by atoms with van der Waals surface area (Å²) in [6.07, 6.45) is 0.133. The molecule has 1 aliphatic rings. The zero-order valence-electron chi connectivity index (χ0n) is 25.2. The van der Waals surface area contributed by atoms with Crippen LogP contribution in [0.3, 0.4) is 0 Å². The molecule has 0 saturated carbocycles. The summed E-state index contributed by atoms with van der Waals surface area (Å²) in [6, 6.07) is 34.6. The van der Waals surface area contributed by atoms with Crippen molar-refractivity contribution < 1.29 is 24.1 Å². The highest BCUT2D eigenvalue weighted by atomic mass is 16.5. The summed E-state index contributed by atoms with van der Waals surface area (Å²) < 4.78 is 17.6. The van der Waals surface area contributed by atoms with E-state index in [1.54, 1.807) is 14.0 Å². The number of hydrogen-bond acceptors (Lipinski definition) is 5. The molecular formula is C37H41NO5. The maximum Gasteiger partial charge on any atom is 0.248 e. The van der Waals surface area contributed by atoms with Gasteiger partial charge in [-0.2, -0.15) is 0 Å². The molecule has 6 nitrogen and oxygen atoms in total. The number of methoxy groups -OCH3 is 1. The number of aliphatic hydroxyl groups is 1. The van der Waals surface area contributed by atoms with Crippen LogP contribution in [0.15, 0.2) is 103 Å². The van der Waals surface area contributed by atoms with E-state index in [1.807, 2.05) is 78.6 Å². The lowest BCUT2D eigenvalue weighted by Gasteiger charge is -2.33. The van der Waals surface area contributed by atoms with Crippen molar-refractivity contribution in [2.24, 2.45) is 5.41 Å². The van der Waals surface area contributed by atoms with Gasteiger partial charge >= 0.3 is 0 Å². The van der Waals surface area contributed by atoms with Crippen LogP contribution >= 0.6 is 0 Å². The first kappa shape index (κ1) is 30.3. The number of rotatable bonds is 12. The van der Waals surface area contributed by atoms with Crippen molar-refractivity contribution in [3.05, 3.63) is 120 Å². The molecule has 1 amide bonds. The SMILES string of the molecule is COc1ccc([C@@H]2CN(C(=O)COCc3ccccc3)C[C@@]2(C)C(C)O)cc1OCCc1ccc(-c2ccccc2)cc1. The molecule has 1 saturated heterocycles. The predicted octanol–water partition coefficient (Wildman–Crippen LogP) is 6.51. The minimum Gasteiger partial charge on any atom is -0.493 e. The van der Waals surface area contributed by atoms with E-state index in [0.29, 0.717) is 37.8 Å². The van der Waals surface area contributed by atoms with E-state index in [-0.39, 0.29) is 18.4 Å². The van der Waals surface area contributed by atoms with Crippen LogP contribution in [0.25, 0.3) is 11.1 Å². The molecule has 4 aromatic rings. The van der Waals surface area contributed by atoms with Gasteiger partial charge in [-0.25, -0.2) is 0 Å². The molecule has 1 unspecified atom stereocenters. The van der Waals surface area contributed by atoms with Crippen LogP contribution in [-0.4, -0.2) is 55.4 Å². The fraction of sp³-hybridized carbons (Fsp3) is 0.324. The van der Waals surface area contributed by atoms with Crippen molar-refractivity contribution >= 4 is 5.91 Å². The van der Waals surface area contributed by atoms with E-state index in [1.165, 1.54) is 16.7 Å². The zero-order chi connectivity index (χ0) is 30.2. The minimum absolute atomic E-state index is 0.000799. The number of nitrogens with zero attached hydrogens (tertiary/aromatic N) is 1. The number of amides is 1. The lowest BCUT2D eigenvalue weighted by atomic mass is 9.72. The molecule has 1 N–H and O–H groups in total. The summed E-state index contributed by atoms with van der Waals surface area (Å²) in [4.78, 5) is 15.0. The van der Waals surface area contributed by atoms with Gasteiger partial charge < -0.3 is 24.2 Å². The smallest absolute Gasteiger partial charge is 0.248 e. The predicted molar refractivity (Wildman–Crippen MR) is 169 cm³/mol. The van der Waals surface area contributed by atoms with Gasteiger partial charge in [0.05, 0.1) is 26.4 Å². The number of carbonyl (C=O) groups excluding carboxylic acids is 1. The van der Waals surface area contributed by atoms with E-state index < -0.39 is 11.5 Å². The average Bonchev–Trinajstić information content (AvgIpc) is 3.41. The Morgan fingerprint density at radius 1 is 0.907 bits per heavy atom. The summed E-state index contributed by atoms with van der Waals surface area (Å²) in [6.45, 7) is 5.67. The maximum absolute atomic E-state index is 13.1. The van der Waals surface area contributed by atoms with Gasteiger partial charge in [-0.05, 0) is 46.9 Å². The summed E-state index contributed by atoms with van der Waals surface area (Å²) in [5, 5.41) is 10.9. The van der Waals surface area contributed by atoms with Crippen LogP contribution in [0, 0.1) is 5.41 Å². The van der Waals surface area contributed by atoms with Crippen LogP contribution in [0.1, 0.15) is 36.5 Å². The average molecular weight is 580 g/mol. The second-order valence-corrected chi connectivity index (χ2v) is 11.6. The molecule has 4 aromatic carbocycles. The van der Waals surface area contributed by atoms with E-state index >= 15 is 0 Å². The Bertz CT molecular complexity index is 1470. The highest BCUT2D eigenvalue weighted by Crippen LogP contribution is 2.47. The lowest BCUT2D eigenvalue weighted by molar-refractivity contribution is -0.136. The van der Waals surface area contributed by atoms with Gasteiger partial charge in [0.25, 0.3) is 0 Å². The fourth-order valence-electron chi connectivity index (χ4n) is 5.83. The van der Waals surface area contributed by atoms with Crippen molar-refractivity contribution in [1.29, 1.82) is 0 Å². The topological polar surface area (TPSA) is 68.2 Å². The van der Waals surface area contributed by atoms with Gasteiger partial charge in [0.2, 0.25) is 5.91 Å². The van der Waals surface area contributed by atoms with Crippen molar-refractivity contribution in [2.75, 3.05) is 33.4 Å². The Labute approximate surface area is 254 Å². The monoisotopic (exact) mass is 579 g/mol. The van der Waals surface area contributed by atoms with Gasteiger partial charge in [0, 0.05) is 30.8 Å². The molecule has 0 spiro atoms. The molecule has 6 heteroatoms. The van der Waals surface area contributed by atoms with Crippen LogP contribution < -0.4 is 9.47 Å². The first-order chi connectivity index (χ1) is 20.9. The van der Waals surface area contributed by atoms with Crippen LogP contribution in [0.2, 0.25) is 0 Å². The molecule has 1 heterocycles. The second kappa shape index (κ2) is 13.9. The molecule has 5 rings (SSSR count). The Morgan fingerprint density at radius 2 is 1.58 bits per heavy atom. The Balaban J connectivity index is 1.24. The lowest BCUT2D eigenvalue weighted by Crippen LogP contribution is -2.38. The highest BCUT2D eigenvalue weighted by Gasteiger charge is 2.48. The fourth-order valence-corrected chi connectivity index (χ4v) is 5.83. The molecular weight excluding hydrogens is 538 g/mol. The largest absolute Gasteiger partial charge is 0.493 e. The van der Waals surface area contributed by atoms with Crippen molar-refractivity contribution in [3.8, 4) is 22.6 Å². The van der Waals surface area contributed by atoms with Crippen LogP contribution in [0.5, 0.6) is 11.5 Å². The van der Waals surface area contributed by atoms with E-state index in [2.05, 4.69) is 36.4 Å². The zero-order valence-corrected chi connectivity index (χ0v) is 25.2. The normalized spacial score (nSPS) is 18.8. The van der Waals surface area contributed by atoms with Crippen LogP contribution in [0.4, 0.5) is 0 Å². The molecule has 1 aliphatic heterocycles. The maximum atomic E-state index is 13.1. The second-order valence-electron chi connectivity index (χ2n) is 11.6. The number of hydrogen-bond donors (Lipinski definition) is 1. The number of likely N-dealkylation sites (tertiary alicyclic amines) is 1. The Morgan fingerprint density at radius 3 is 2.26 bits per heavy atom. The van der Waals surface area contributed by atoms with E-state index in [9.17, 15) is 9.90 Å². The van der Waals surface area contributed by atoms with Gasteiger partial charge in [-0.15, -0.1) is 0 Å². The molecule has 0 radical (unpaired) electrons. The third kappa shape index (κ3) is 7.27. The summed E-state index contributed by atoms with van der Waals surface area (Å²) >= 11 is 0. The third-order valence-electron chi connectivity index (χ3n) is 8.67. The first-order valence-electron chi connectivity index (χ1n) is 14.9. The summed E-state index contributed by atoms with van der Waals surface area (Å²) in [5.41, 5.74) is 5.08. The van der Waals surface area contributed by atoms with Crippen molar-refractivity contribution in [1.82, 2.24) is 4.90 Å². The molecule has 0 aromatic heterocycles. The van der Waals surface area contributed by atoms with Gasteiger partial charge in [-0.3, -0.25) is 4.79 Å². The third-order valence-corrected chi connectivity index (χ3v) is 8.67. The molecule has 43 heavy (non-hydrogen) atoms. The van der Waals surface area contributed by atoms with Crippen molar-refractivity contribution in [2.45, 2.75) is 38.9 Å². The number of ether oxygens (including phenoxy) is 3. The number of carbonyl (C=O) groups is 1.